The van der Waals surface area contributed by atoms with E-state index in [0.29, 0.717) is 0 Å². The number of carbonyl (C=O) groups is 2. The van der Waals surface area contributed by atoms with E-state index < -0.39 is 11.7 Å². The van der Waals surface area contributed by atoms with Crippen molar-refractivity contribution in [2.24, 2.45) is 0 Å². The minimum atomic E-state index is -0.535. The number of ether oxygens (including phenoxy) is 1. The molecule has 1 aromatic carbocycles. The molecule has 2 amide bonds. The zero-order valence-electron chi connectivity index (χ0n) is 13.9. The molecule has 0 saturated heterocycles. The van der Waals surface area contributed by atoms with E-state index in [1.165, 1.54) is 5.56 Å². The average Bonchev–Trinajstić information content (AvgIpc) is 2.39. The number of carbonyl (C=O) groups excluding carboxylic acids is 2. The zero-order valence-corrected chi connectivity index (χ0v) is 13.9. The number of nitrogens with one attached hydrogen (secondary N) is 2. The first-order valence-corrected chi connectivity index (χ1v) is 7.66. The molecular weight excluding hydrogens is 280 g/mol. The van der Waals surface area contributed by atoms with Crippen molar-refractivity contribution in [3.05, 3.63) is 29.8 Å². The molecule has 0 aromatic heterocycles. The van der Waals surface area contributed by atoms with Gasteiger partial charge in [-0.3, -0.25) is 4.79 Å². The van der Waals surface area contributed by atoms with Crippen molar-refractivity contribution in [1.82, 2.24) is 5.32 Å². The second-order valence-corrected chi connectivity index (χ2v) is 6.17. The fourth-order valence-corrected chi connectivity index (χ4v) is 1.86. The van der Waals surface area contributed by atoms with E-state index in [2.05, 4.69) is 17.6 Å². The van der Waals surface area contributed by atoms with Crippen molar-refractivity contribution in [1.29, 1.82) is 0 Å². The highest BCUT2D eigenvalue weighted by molar-refractivity contribution is 5.91. The Morgan fingerprint density at radius 3 is 2.32 bits per heavy atom. The number of benzene rings is 1. The summed E-state index contributed by atoms with van der Waals surface area (Å²) < 4.78 is 5.09. The van der Waals surface area contributed by atoms with E-state index >= 15 is 0 Å². The van der Waals surface area contributed by atoms with Gasteiger partial charge in [-0.15, -0.1) is 0 Å². The second-order valence-electron chi connectivity index (χ2n) is 6.17. The smallest absolute Gasteiger partial charge is 0.407 e. The second kappa shape index (κ2) is 8.41. The summed E-state index contributed by atoms with van der Waals surface area (Å²) in [6.07, 6.45) is 1.83. The van der Waals surface area contributed by atoms with Crippen molar-refractivity contribution >= 4 is 17.7 Å². The molecule has 0 heterocycles. The molecule has 5 nitrogen and oxygen atoms in total. The fraction of sp³-hybridized carbons (Fsp3) is 0.529. The highest BCUT2D eigenvalue weighted by Gasteiger charge is 2.15. The van der Waals surface area contributed by atoms with Crippen LogP contribution in [0.1, 0.15) is 46.1 Å². The van der Waals surface area contributed by atoms with Crippen LogP contribution in [0.2, 0.25) is 0 Å². The standard InChI is InChI=1S/C17H26N2O3/c1-5-6-13-7-9-14(10-8-13)19-15(20)11-12-18-16(21)22-17(2,3)4/h7-10H,5-6,11-12H2,1-4H3,(H,18,21)(H,19,20). The van der Waals surface area contributed by atoms with Gasteiger partial charge in [0.25, 0.3) is 0 Å². The van der Waals surface area contributed by atoms with Crippen LogP contribution in [0, 0.1) is 0 Å². The van der Waals surface area contributed by atoms with Crippen LogP contribution < -0.4 is 10.6 Å². The van der Waals surface area contributed by atoms with Crippen molar-refractivity contribution in [3.8, 4) is 0 Å². The number of rotatable bonds is 6. The maximum Gasteiger partial charge on any atom is 0.407 e. The monoisotopic (exact) mass is 306 g/mol. The van der Waals surface area contributed by atoms with E-state index in [1.807, 2.05) is 24.3 Å². The van der Waals surface area contributed by atoms with Crippen molar-refractivity contribution < 1.29 is 14.3 Å². The molecule has 0 aliphatic carbocycles. The summed E-state index contributed by atoms with van der Waals surface area (Å²) >= 11 is 0. The van der Waals surface area contributed by atoms with Crippen LogP contribution in [0.4, 0.5) is 10.5 Å². The Morgan fingerprint density at radius 1 is 1.14 bits per heavy atom. The molecule has 2 N–H and O–H groups in total. The Kier molecular flexibility index (Phi) is 6.89. The van der Waals surface area contributed by atoms with Crippen molar-refractivity contribution in [3.63, 3.8) is 0 Å². The molecule has 122 valence electrons. The molecule has 0 unspecified atom stereocenters. The Hall–Kier alpha value is -2.04. The molecule has 0 bridgehead atoms. The fourth-order valence-electron chi connectivity index (χ4n) is 1.86. The Morgan fingerprint density at radius 2 is 1.77 bits per heavy atom. The number of hydrogen-bond acceptors (Lipinski definition) is 3. The quantitative estimate of drug-likeness (QED) is 0.845. The molecule has 0 aliphatic rings. The predicted molar refractivity (Wildman–Crippen MR) is 87.9 cm³/mol. The maximum absolute atomic E-state index is 11.8. The molecule has 0 radical (unpaired) electrons. The Bertz CT molecular complexity index is 490. The summed E-state index contributed by atoms with van der Waals surface area (Å²) in [5.74, 6) is -0.140. The number of amides is 2. The first-order chi connectivity index (χ1) is 10.3. The molecule has 0 spiro atoms. The van der Waals surface area contributed by atoms with Gasteiger partial charge in [0.15, 0.2) is 0 Å². The van der Waals surface area contributed by atoms with Gasteiger partial charge in [-0.25, -0.2) is 4.79 Å². The van der Waals surface area contributed by atoms with Gasteiger partial charge in [0, 0.05) is 18.7 Å². The topological polar surface area (TPSA) is 67.4 Å². The van der Waals surface area contributed by atoms with Crippen LogP contribution in [-0.4, -0.2) is 24.1 Å². The number of anilines is 1. The van der Waals surface area contributed by atoms with Crippen LogP contribution in [0.25, 0.3) is 0 Å². The zero-order chi connectivity index (χ0) is 16.6. The first-order valence-electron chi connectivity index (χ1n) is 7.66. The summed E-state index contributed by atoms with van der Waals surface area (Å²) in [6, 6.07) is 7.81. The van der Waals surface area contributed by atoms with Gasteiger partial charge < -0.3 is 15.4 Å². The van der Waals surface area contributed by atoms with E-state index in [-0.39, 0.29) is 18.9 Å². The van der Waals surface area contributed by atoms with Gasteiger partial charge in [0.2, 0.25) is 5.91 Å². The van der Waals surface area contributed by atoms with E-state index in [1.54, 1.807) is 20.8 Å². The molecule has 0 saturated carbocycles. The molecular formula is C17H26N2O3. The number of alkyl carbamates (subject to hydrolysis) is 1. The molecule has 22 heavy (non-hydrogen) atoms. The minimum Gasteiger partial charge on any atom is -0.444 e. The highest BCUT2D eigenvalue weighted by atomic mass is 16.6. The summed E-state index contributed by atoms with van der Waals surface area (Å²) in [6.45, 7) is 7.76. The lowest BCUT2D eigenvalue weighted by Crippen LogP contribution is -2.34. The molecule has 0 aliphatic heterocycles. The van der Waals surface area contributed by atoms with E-state index in [0.717, 1.165) is 18.5 Å². The maximum atomic E-state index is 11.8. The lowest BCUT2D eigenvalue weighted by Gasteiger charge is -2.19. The normalized spacial score (nSPS) is 10.9. The third-order valence-electron chi connectivity index (χ3n) is 2.80. The highest BCUT2D eigenvalue weighted by Crippen LogP contribution is 2.11. The molecule has 0 fully saturated rings. The van der Waals surface area contributed by atoms with Gasteiger partial charge in [0.1, 0.15) is 5.60 Å². The van der Waals surface area contributed by atoms with Crippen molar-refractivity contribution in [2.45, 2.75) is 52.6 Å². The lowest BCUT2D eigenvalue weighted by atomic mass is 10.1. The Balaban J connectivity index is 2.30. The van der Waals surface area contributed by atoms with Crippen LogP contribution in [0.3, 0.4) is 0 Å². The summed E-state index contributed by atoms with van der Waals surface area (Å²) in [4.78, 5) is 23.2. The third-order valence-corrected chi connectivity index (χ3v) is 2.80. The third kappa shape index (κ3) is 7.67. The molecule has 1 aromatic rings. The van der Waals surface area contributed by atoms with Gasteiger partial charge in [0.05, 0.1) is 0 Å². The van der Waals surface area contributed by atoms with Crippen LogP contribution in [0.5, 0.6) is 0 Å². The van der Waals surface area contributed by atoms with Crippen molar-refractivity contribution in [2.75, 3.05) is 11.9 Å². The van der Waals surface area contributed by atoms with E-state index in [4.69, 9.17) is 4.74 Å². The Labute approximate surface area is 132 Å². The van der Waals surface area contributed by atoms with Crippen LogP contribution in [0.15, 0.2) is 24.3 Å². The van der Waals surface area contributed by atoms with Gasteiger partial charge in [-0.2, -0.15) is 0 Å². The molecule has 1 rings (SSSR count). The summed E-state index contributed by atoms with van der Waals surface area (Å²) in [7, 11) is 0. The van der Waals surface area contributed by atoms with Gasteiger partial charge in [-0.1, -0.05) is 25.5 Å². The molecule has 5 heteroatoms. The number of hydrogen-bond donors (Lipinski definition) is 2. The summed E-state index contributed by atoms with van der Waals surface area (Å²) in [5, 5.41) is 5.36. The first kappa shape index (κ1) is 18.0. The van der Waals surface area contributed by atoms with Gasteiger partial charge in [-0.05, 0) is 44.9 Å². The largest absolute Gasteiger partial charge is 0.444 e. The lowest BCUT2D eigenvalue weighted by molar-refractivity contribution is -0.116. The average molecular weight is 306 g/mol. The van der Waals surface area contributed by atoms with E-state index in [9.17, 15) is 9.59 Å². The summed E-state index contributed by atoms with van der Waals surface area (Å²) in [5.41, 5.74) is 1.49. The van der Waals surface area contributed by atoms with Crippen LogP contribution >= 0.6 is 0 Å². The number of aryl methyl sites for hydroxylation is 1. The van der Waals surface area contributed by atoms with Crippen LogP contribution in [-0.2, 0) is 16.0 Å². The predicted octanol–water partition coefficient (Wildman–Crippen LogP) is 3.49. The minimum absolute atomic E-state index is 0.140. The van der Waals surface area contributed by atoms with Gasteiger partial charge >= 0.3 is 6.09 Å². The SMILES string of the molecule is CCCc1ccc(NC(=O)CCNC(=O)OC(C)(C)C)cc1. The molecule has 0 atom stereocenters.